The zero-order valence-electron chi connectivity index (χ0n) is 9.81. The molecule has 0 spiro atoms. The Morgan fingerprint density at radius 1 is 1.53 bits per heavy atom. The molecule has 1 unspecified atom stereocenters. The summed E-state index contributed by atoms with van der Waals surface area (Å²) in [5.41, 5.74) is -0.141. The number of hydrogen-bond donors (Lipinski definition) is 2. The van der Waals surface area contributed by atoms with Crippen LogP contribution in [0.5, 0.6) is 0 Å². The monoisotopic (exact) mass is 239 g/mol. The van der Waals surface area contributed by atoms with Crippen molar-refractivity contribution >= 4 is 5.91 Å². The molecule has 1 rings (SSSR count). The summed E-state index contributed by atoms with van der Waals surface area (Å²) in [6.45, 7) is 2.66. The standard InChI is InChI=1S/C12H17NO4/c1-9(7-14)3-2-6-13-12(16)10-4-5-11(15)17-8-10/h4-5,8-9,14H,2-3,6-7H2,1H3,(H,13,16). The highest BCUT2D eigenvalue weighted by atomic mass is 16.4. The average molecular weight is 239 g/mol. The van der Waals surface area contributed by atoms with Crippen molar-refractivity contribution < 1.29 is 14.3 Å². The SMILES string of the molecule is CC(CO)CCCNC(=O)c1ccc(=O)oc1. The van der Waals surface area contributed by atoms with E-state index in [-0.39, 0.29) is 18.4 Å². The van der Waals surface area contributed by atoms with Crippen LogP contribution in [-0.4, -0.2) is 24.2 Å². The van der Waals surface area contributed by atoms with Gasteiger partial charge in [0, 0.05) is 19.2 Å². The van der Waals surface area contributed by atoms with Crippen LogP contribution in [0.1, 0.15) is 30.1 Å². The molecule has 1 aromatic rings. The molecule has 0 bridgehead atoms. The summed E-state index contributed by atoms with van der Waals surface area (Å²) in [5, 5.41) is 11.5. The Morgan fingerprint density at radius 2 is 2.29 bits per heavy atom. The van der Waals surface area contributed by atoms with Gasteiger partial charge in [-0.25, -0.2) is 4.79 Å². The van der Waals surface area contributed by atoms with Crippen LogP contribution in [0.3, 0.4) is 0 Å². The molecule has 0 aliphatic heterocycles. The third-order valence-corrected chi connectivity index (χ3v) is 2.43. The van der Waals surface area contributed by atoms with Gasteiger partial charge in [-0.3, -0.25) is 4.79 Å². The van der Waals surface area contributed by atoms with E-state index in [1.807, 2.05) is 6.92 Å². The maximum atomic E-state index is 11.5. The summed E-state index contributed by atoms with van der Waals surface area (Å²) >= 11 is 0. The molecule has 5 heteroatoms. The minimum absolute atomic E-state index is 0.164. The Hall–Kier alpha value is -1.62. The van der Waals surface area contributed by atoms with Crippen molar-refractivity contribution in [3.63, 3.8) is 0 Å². The lowest BCUT2D eigenvalue weighted by Gasteiger charge is -2.08. The van der Waals surface area contributed by atoms with Gasteiger partial charge in [-0.2, -0.15) is 0 Å². The summed E-state index contributed by atoms with van der Waals surface area (Å²) in [5.74, 6) is -0.00736. The van der Waals surface area contributed by atoms with Gasteiger partial charge in [0.1, 0.15) is 6.26 Å². The molecule has 5 nitrogen and oxygen atoms in total. The topological polar surface area (TPSA) is 79.5 Å². The normalized spacial score (nSPS) is 12.1. The Labute approximate surface area is 99.5 Å². The molecule has 94 valence electrons. The van der Waals surface area contributed by atoms with Crippen molar-refractivity contribution in [2.24, 2.45) is 5.92 Å². The van der Waals surface area contributed by atoms with Gasteiger partial charge < -0.3 is 14.8 Å². The predicted molar refractivity (Wildman–Crippen MR) is 62.8 cm³/mol. The second-order valence-electron chi connectivity index (χ2n) is 4.03. The number of carbonyl (C=O) groups is 1. The van der Waals surface area contributed by atoms with Crippen LogP contribution in [0.15, 0.2) is 27.6 Å². The molecular formula is C12H17NO4. The maximum Gasteiger partial charge on any atom is 0.335 e. The van der Waals surface area contributed by atoms with E-state index in [4.69, 9.17) is 5.11 Å². The van der Waals surface area contributed by atoms with Crippen molar-refractivity contribution in [1.82, 2.24) is 5.32 Å². The molecule has 0 aliphatic rings. The third-order valence-electron chi connectivity index (χ3n) is 2.43. The van der Waals surface area contributed by atoms with Crippen molar-refractivity contribution in [2.45, 2.75) is 19.8 Å². The first-order valence-corrected chi connectivity index (χ1v) is 5.61. The first-order chi connectivity index (χ1) is 8.13. The van der Waals surface area contributed by atoms with E-state index < -0.39 is 5.63 Å². The fourth-order valence-corrected chi connectivity index (χ4v) is 1.33. The third kappa shape index (κ3) is 4.82. The summed E-state index contributed by atoms with van der Waals surface area (Å²) in [7, 11) is 0. The summed E-state index contributed by atoms with van der Waals surface area (Å²) in [6, 6.07) is 2.64. The number of amides is 1. The fraction of sp³-hybridized carbons (Fsp3) is 0.500. The second-order valence-corrected chi connectivity index (χ2v) is 4.03. The van der Waals surface area contributed by atoms with Crippen LogP contribution in [0.4, 0.5) is 0 Å². The van der Waals surface area contributed by atoms with Crippen molar-refractivity contribution in [1.29, 1.82) is 0 Å². The Morgan fingerprint density at radius 3 is 2.88 bits per heavy atom. The lowest BCUT2D eigenvalue weighted by molar-refractivity contribution is 0.0949. The number of hydrogen-bond acceptors (Lipinski definition) is 4. The smallest absolute Gasteiger partial charge is 0.335 e. The summed E-state index contributed by atoms with van der Waals surface area (Å²) < 4.78 is 4.59. The molecule has 2 N–H and O–H groups in total. The van der Waals surface area contributed by atoms with Gasteiger partial charge >= 0.3 is 5.63 Å². The van der Waals surface area contributed by atoms with Crippen LogP contribution in [0, 0.1) is 5.92 Å². The molecule has 0 radical (unpaired) electrons. The van der Waals surface area contributed by atoms with Crippen molar-refractivity contribution in [3.05, 3.63) is 34.4 Å². The molecule has 1 atom stereocenters. The number of aliphatic hydroxyl groups is 1. The van der Waals surface area contributed by atoms with Gasteiger partial charge in [-0.1, -0.05) is 6.92 Å². The zero-order chi connectivity index (χ0) is 12.7. The number of rotatable bonds is 6. The molecule has 17 heavy (non-hydrogen) atoms. The quantitative estimate of drug-likeness (QED) is 0.719. The molecule has 1 amide bonds. The first kappa shape index (κ1) is 13.4. The van der Waals surface area contributed by atoms with Crippen LogP contribution < -0.4 is 10.9 Å². The van der Waals surface area contributed by atoms with E-state index in [9.17, 15) is 9.59 Å². The Bertz CT molecular complexity index is 393. The maximum absolute atomic E-state index is 11.5. The molecule has 0 fully saturated rings. The minimum atomic E-state index is -0.474. The number of nitrogens with one attached hydrogen (secondary N) is 1. The van der Waals surface area contributed by atoms with Crippen molar-refractivity contribution in [2.75, 3.05) is 13.2 Å². The van der Waals surface area contributed by atoms with Crippen LogP contribution in [0.25, 0.3) is 0 Å². The van der Waals surface area contributed by atoms with Gasteiger partial charge in [0.15, 0.2) is 0 Å². The van der Waals surface area contributed by atoms with E-state index in [1.54, 1.807) is 0 Å². The van der Waals surface area contributed by atoms with Crippen LogP contribution in [0.2, 0.25) is 0 Å². The first-order valence-electron chi connectivity index (χ1n) is 5.61. The van der Waals surface area contributed by atoms with Gasteiger partial charge in [-0.05, 0) is 24.8 Å². The van der Waals surface area contributed by atoms with E-state index in [2.05, 4.69) is 9.73 Å². The molecule has 0 saturated heterocycles. The molecule has 0 aromatic carbocycles. The lowest BCUT2D eigenvalue weighted by Crippen LogP contribution is -2.25. The molecule has 1 aromatic heterocycles. The van der Waals surface area contributed by atoms with Gasteiger partial charge in [0.25, 0.3) is 5.91 Å². The predicted octanol–water partition coefficient (Wildman–Crippen LogP) is 0.778. The van der Waals surface area contributed by atoms with E-state index >= 15 is 0 Å². The number of aliphatic hydroxyl groups excluding tert-OH is 1. The molecular weight excluding hydrogens is 222 g/mol. The van der Waals surface area contributed by atoms with E-state index in [0.717, 1.165) is 19.1 Å². The highest BCUT2D eigenvalue weighted by Gasteiger charge is 2.06. The summed E-state index contributed by atoms with van der Waals surface area (Å²) in [4.78, 5) is 22.2. The minimum Gasteiger partial charge on any atom is -0.430 e. The highest BCUT2D eigenvalue weighted by molar-refractivity contribution is 5.93. The van der Waals surface area contributed by atoms with Crippen LogP contribution >= 0.6 is 0 Å². The second kappa shape index (κ2) is 6.85. The molecule has 0 saturated carbocycles. The van der Waals surface area contributed by atoms with E-state index in [1.165, 1.54) is 12.1 Å². The highest BCUT2D eigenvalue weighted by Crippen LogP contribution is 2.03. The Kier molecular flexibility index (Phi) is 5.42. The fourth-order valence-electron chi connectivity index (χ4n) is 1.33. The Balaban J connectivity index is 2.30. The molecule has 0 aliphatic carbocycles. The van der Waals surface area contributed by atoms with Crippen molar-refractivity contribution in [3.8, 4) is 0 Å². The van der Waals surface area contributed by atoms with Gasteiger partial charge in [0.05, 0.1) is 5.56 Å². The van der Waals surface area contributed by atoms with Crippen LogP contribution in [-0.2, 0) is 0 Å². The molecule has 1 heterocycles. The van der Waals surface area contributed by atoms with Gasteiger partial charge in [0.2, 0.25) is 0 Å². The largest absolute Gasteiger partial charge is 0.430 e. The number of carbonyl (C=O) groups excluding carboxylic acids is 1. The lowest BCUT2D eigenvalue weighted by atomic mass is 10.1. The average Bonchev–Trinajstić information content (AvgIpc) is 2.34. The summed E-state index contributed by atoms with van der Waals surface area (Å²) in [6.07, 6.45) is 2.82. The zero-order valence-corrected chi connectivity index (χ0v) is 9.81. The van der Waals surface area contributed by atoms with Gasteiger partial charge in [-0.15, -0.1) is 0 Å². The van der Waals surface area contributed by atoms with E-state index in [0.29, 0.717) is 12.1 Å².